The number of carbonyl (C=O) groups excluding carboxylic acids is 1. The molecule has 0 unspecified atom stereocenters. The summed E-state index contributed by atoms with van der Waals surface area (Å²) in [4.78, 5) is 14.5. The van der Waals surface area contributed by atoms with Crippen LogP contribution in [-0.4, -0.2) is 30.4 Å². The number of benzene rings is 1. The Morgan fingerprint density at radius 2 is 1.89 bits per heavy atom. The minimum absolute atomic E-state index is 0.247. The Morgan fingerprint density at radius 1 is 1.17 bits per heavy atom. The molecule has 0 saturated carbocycles. The number of hydrogen-bond acceptors (Lipinski definition) is 2. The smallest absolute Gasteiger partial charge is 0.226 e. The van der Waals surface area contributed by atoms with Crippen LogP contribution in [0.2, 0.25) is 0 Å². The molecule has 0 atom stereocenters. The van der Waals surface area contributed by atoms with Crippen molar-refractivity contribution in [1.82, 2.24) is 10.2 Å². The predicted octanol–water partition coefficient (Wildman–Crippen LogP) is 1.57. The molecule has 1 aromatic carbocycles. The molecule has 2 aliphatic heterocycles. The Labute approximate surface area is 108 Å². The van der Waals surface area contributed by atoms with E-state index in [0.717, 1.165) is 45.4 Å². The van der Waals surface area contributed by atoms with Crippen LogP contribution in [0.5, 0.6) is 0 Å². The second-order valence-corrected chi connectivity index (χ2v) is 5.30. The highest BCUT2D eigenvalue weighted by Crippen LogP contribution is 2.22. The number of nitrogens with one attached hydrogen (secondary N) is 1. The van der Waals surface area contributed by atoms with Gasteiger partial charge in [0, 0.05) is 19.0 Å². The molecule has 0 bridgehead atoms. The molecular weight excluding hydrogens is 224 g/mol. The molecule has 0 aromatic heterocycles. The van der Waals surface area contributed by atoms with E-state index < -0.39 is 0 Å². The highest BCUT2D eigenvalue weighted by Gasteiger charge is 2.27. The van der Waals surface area contributed by atoms with Gasteiger partial charge in [0.2, 0.25) is 5.91 Å². The lowest BCUT2D eigenvalue weighted by Crippen LogP contribution is -2.43. The summed E-state index contributed by atoms with van der Waals surface area (Å²) in [6, 6.07) is 8.49. The van der Waals surface area contributed by atoms with Gasteiger partial charge in [-0.15, -0.1) is 0 Å². The third-order valence-corrected chi connectivity index (χ3v) is 4.13. The van der Waals surface area contributed by atoms with Crippen molar-refractivity contribution in [2.24, 2.45) is 5.92 Å². The normalized spacial score (nSPS) is 20.6. The molecule has 1 saturated heterocycles. The lowest BCUT2D eigenvalue weighted by atomic mass is 9.94. The van der Waals surface area contributed by atoms with Gasteiger partial charge < -0.3 is 10.2 Å². The molecule has 1 aromatic rings. The van der Waals surface area contributed by atoms with Gasteiger partial charge in [0.05, 0.1) is 0 Å². The number of piperidine rings is 1. The molecule has 0 aliphatic carbocycles. The first-order chi connectivity index (χ1) is 8.84. The summed E-state index contributed by atoms with van der Waals surface area (Å²) in [5.74, 6) is 0.613. The Hall–Kier alpha value is -1.35. The average molecular weight is 244 g/mol. The first kappa shape index (κ1) is 11.7. The fourth-order valence-corrected chi connectivity index (χ4v) is 3.01. The molecule has 3 heteroatoms. The first-order valence-corrected chi connectivity index (χ1v) is 6.91. The zero-order valence-electron chi connectivity index (χ0n) is 10.7. The van der Waals surface area contributed by atoms with E-state index in [2.05, 4.69) is 34.5 Å². The minimum atomic E-state index is 0.247. The molecule has 1 fully saturated rings. The van der Waals surface area contributed by atoms with Crippen molar-refractivity contribution in [3.05, 3.63) is 35.4 Å². The maximum Gasteiger partial charge on any atom is 0.226 e. The van der Waals surface area contributed by atoms with Crippen LogP contribution in [0.25, 0.3) is 0 Å². The van der Waals surface area contributed by atoms with Gasteiger partial charge in [-0.2, -0.15) is 0 Å². The lowest BCUT2D eigenvalue weighted by Gasteiger charge is -2.33. The van der Waals surface area contributed by atoms with E-state index in [1.54, 1.807) is 0 Å². The molecule has 0 spiro atoms. The third-order valence-electron chi connectivity index (χ3n) is 4.13. The topological polar surface area (TPSA) is 32.3 Å². The van der Waals surface area contributed by atoms with Crippen molar-refractivity contribution in [2.75, 3.05) is 19.6 Å². The number of fused-ring (bicyclic) bond motifs is 1. The average Bonchev–Trinajstić information content (AvgIpc) is 2.47. The molecule has 2 heterocycles. The van der Waals surface area contributed by atoms with Crippen LogP contribution < -0.4 is 5.32 Å². The molecule has 18 heavy (non-hydrogen) atoms. The first-order valence-electron chi connectivity index (χ1n) is 6.91. The molecule has 1 amide bonds. The van der Waals surface area contributed by atoms with Gasteiger partial charge in [0.1, 0.15) is 0 Å². The molecule has 3 rings (SSSR count). The SMILES string of the molecule is O=C(C1CCNCC1)N1CCc2ccccc2C1. The van der Waals surface area contributed by atoms with Crippen molar-refractivity contribution >= 4 is 5.91 Å². The van der Waals surface area contributed by atoms with Gasteiger partial charge in [0.15, 0.2) is 0 Å². The van der Waals surface area contributed by atoms with Gasteiger partial charge in [-0.05, 0) is 43.5 Å². The van der Waals surface area contributed by atoms with Crippen LogP contribution in [0, 0.1) is 5.92 Å². The molecule has 3 nitrogen and oxygen atoms in total. The number of amides is 1. The van der Waals surface area contributed by atoms with E-state index in [1.165, 1.54) is 11.1 Å². The monoisotopic (exact) mass is 244 g/mol. The van der Waals surface area contributed by atoms with Crippen molar-refractivity contribution in [1.29, 1.82) is 0 Å². The van der Waals surface area contributed by atoms with Gasteiger partial charge in [-0.25, -0.2) is 0 Å². The maximum atomic E-state index is 12.5. The van der Waals surface area contributed by atoms with Crippen molar-refractivity contribution in [2.45, 2.75) is 25.8 Å². The van der Waals surface area contributed by atoms with Crippen molar-refractivity contribution in [3.8, 4) is 0 Å². The van der Waals surface area contributed by atoms with E-state index in [-0.39, 0.29) is 5.92 Å². The zero-order valence-corrected chi connectivity index (χ0v) is 10.7. The van der Waals surface area contributed by atoms with Crippen LogP contribution in [0.4, 0.5) is 0 Å². The molecule has 2 aliphatic rings. The van der Waals surface area contributed by atoms with E-state index >= 15 is 0 Å². The van der Waals surface area contributed by atoms with Gasteiger partial charge in [0.25, 0.3) is 0 Å². The Bertz CT molecular complexity index is 438. The summed E-state index contributed by atoms with van der Waals surface area (Å²) in [6.07, 6.45) is 3.00. The van der Waals surface area contributed by atoms with E-state index in [9.17, 15) is 4.79 Å². The van der Waals surface area contributed by atoms with Crippen LogP contribution in [0.1, 0.15) is 24.0 Å². The van der Waals surface area contributed by atoms with Crippen molar-refractivity contribution in [3.63, 3.8) is 0 Å². The van der Waals surface area contributed by atoms with Crippen LogP contribution >= 0.6 is 0 Å². The summed E-state index contributed by atoms with van der Waals surface area (Å²) >= 11 is 0. The summed E-state index contributed by atoms with van der Waals surface area (Å²) in [5, 5.41) is 3.32. The number of rotatable bonds is 1. The zero-order chi connectivity index (χ0) is 12.4. The van der Waals surface area contributed by atoms with Crippen LogP contribution in [-0.2, 0) is 17.8 Å². The van der Waals surface area contributed by atoms with Gasteiger partial charge >= 0.3 is 0 Å². The predicted molar refractivity (Wildman–Crippen MR) is 71.2 cm³/mol. The molecule has 96 valence electrons. The number of carbonyl (C=O) groups is 1. The molecule has 0 radical (unpaired) electrons. The lowest BCUT2D eigenvalue weighted by molar-refractivity contribution is -0.137. The number of nitrogens with zero attached hydrogens (tertiary/aromatic N) is 1. The minimum Gasteiger partial charge on any atom is -0.338 e. The van der Waals surface area contributed by atoms with Gasteiger partial charge in [-0.3, -0.25) is 4.79 Å². The maximum absolute atomic E-state index is 12.5. The number of hydrogen-bond donors (Lipinski definition) is 1. The standard InChI is InChI=1S/C15H20N2O/c18-15(13-5-8-16-9-6-13)17-10-7-12-3-1-2-4-14(12)11-17/h1-4,13,16H,5-11H2. The third kappa shape index (κ3) is 2.27. The molecule has 1 N–H and O–H groups in total. The van der Waals surface area contributed by atoms with Crippen molar-refractivity contribution < 1.29 is 4.79 Å². The summed E-state index contributed by atoms with van der Waals surface area (Å²) in [6.45, 7) is 3.67. The Kier molecular flexibility index (Phi) is 3.33. The largest absolute Gasteiger partial charge is 0.338 e. The summed E-state index contributed by atoms with van der Waals surface area (Å²) < 4.78 is 0. The van der Waals surface area contributed by atoms with Crippen LogP contribution in [0.15, 0.2) is 24.3 Å². The van der Waals surface area contributed by atoms with E-state index in [1.807, 2.05) is 0 Å². The second-order valence-electron chi connectivity index (χ2n) is 5.30. The van der Waals surface area contributed by atoms with Gasteiger partial charge in [-0.1, -0.05) is 24.3 Å². The Balaban J connectivity index is 1.69. The van der Waals surface area contributed by atoms with E-state index in [0.29, 0.717) is 5.91 Å². The second kappa shape index (κ2) is 5.11. The van der Waals surface area contributed by atoms with E-state index in [4.69, 9.17) is 0 Å². The Morgan fingerprint density at radius 3 is 2.67 bits per heavy atom. The molecular formula is C15H20N2O. The fourth-order valence-electron chi connectivity index (χ4n) is 3.01. The summed E-state index contributed by atoms with van der Waals surface area (Å²) in [5.41, 5.74) is 2.73. The van der Waals surface area contributed by atoms with Crippen LogP contribution in [0.3, 0.4) is 0 Å². The highest BCUT2D eigenvalue weighted by atomic mass is 16.2. The fraction of sp³-hybridized carbons (Fsp3) is 0.533. The summed E-state index contributed by atoms with van der Waals surface area (Å²) in [7, 11) is 0. The highest BCUT2D eigenvalue weighted by molar-refractivity contribution is 5.79. The quantitative estimate of drug-likeness (QED) is 0.813.